The summed E-state index contributed by atoms with van der Waals surface area (Å²) < 4.78 is 36.1. The van der Waals surface area contributed by atoms with E-state index in [1.807, 2.05) is 6.92 Å². The lowest BCUT2D eigenvalue weighted by atomic mass is 10.1. The number of carbonyl (C=O) groups excluding carboxylic acids is 1. The number of sulfonamides is 1. The van der Waals surface area contributed by atoms with Crippen molar-refractivity contribution in [2.45, 2.75) is 44.0 Å². The van der Waals surface area contributed by atoms with Gasteiger partial charge in [0.15, 0.2) is 0 Å². The van der Waals surface area contributed by atoms with Gasteiger partial charge in [0, 0.05) is 6.07 Å². The van der Waals surface area contributed by atoms with Gasteiger partial charge in [-0.1, -0.05) is 19.8 Å². The van der Waals surface area contributed by atoms with Crippen LogP contribution in [-0.4, -0.2) is 38.6 Å². The third-order valence-electron chi connectivity index (χ3n) is 2.99. The van der Waals surface area contributed by atoms with Crippen LogP contribution in [0.3, 0.4) is 0 Å². The third kappa shape index (κ3) is 4.31. The van der Waals surface area contributed by atoms with Crippen LogP contribution in [-0.2, 0) is 19.6 Å². The van der Waals surface area contributed by atoms with Crippen LogP contribution in [0.15, 0.2) is 15.4 Å². The first-order valence-corrected chi connectivity index (χ1v) is 8.15. The van der Waals surface area contributed by atoms with Gasteiger partial charge in [-0.05, 0) is 13.3 Å². The van der Waals surface area contributed by atoms with Crippen molar-refractivity contribution in [3.05, 3.63) is 17.6 Å². The highest BCUT2D eigenvalue weighted by Crippen LogP contribution is 2.21. The number of carbonyl (C=O) groups is 2. The molecule has 124 valence electrons. The molecule has 0 radical (unpaired) electrons. The summed E-state index contributed by atoms with van der Waals surface area (Å²) in [5, 5.41) is 9.09. The summed E-state index contributed by atoms with van der Waals surface area (Å²) in [5.74, 6) is -2.36. The van der Waals surface area contributed by atoms with Gasteiger partial charge in [0.2, 0.25) is 15.8 Å². The highest BCUT2D eigenvalue weighted by molar-refractivity contribution is 7.89. The molecule has 1 unspecified atom stereocenters. The van der Waals surface area contributed by atoms with Gasteiger partial charge in [0.1, 0.15) is 16.7 Å². The molecule has 0 spiro atoms. The van der Waals surface area contributed by atoms with Gasteiger partial charge in [-0.2, -0.15) is 4.72 Å². The van der Waals surface area contributed by atoms with Crippen molar-refractivity contribution < 1.29 is 32.3 Å². The molecule has 0 saturated heterocycles. The Bertz CT molecular complexity index is 647. The minimum Gasteiger partial charge on any atom is -0.480 e. The van der Waals surface area contributed by atoms with Crippen molar-refractivity contribution in [2.24, 2.45) is 0 Å². The van der Waals surface area contributed by atoms with E-state index >= 15 is 0 Å². The molecular weight excluding hydrogens is 314 g/mol. The topological polar surface area (TPSA) is 123 Å². The lowest BCUT2D eigenvalue weighted by Crippen LogP contribution is -2.40. The molecule has 8 nitrogen and oxygen atoms in total. The first kappa shape index (κ1) is 18.2. The SMILES string of the molecule is CCCCC(NS(=O)(=O)c1cc(C(=O)OC)oc1C)C(=O)O. The zero-order chi connectivity index (χ0) is 16.9. The molecule has 0 fully saturated rings. The number of carboxylic acid groups (broad SMARTS) is 1. The first-order chi connectivity index (χ1) is 10.2. The van der Waals surface area contributed by atoms with Gasteiger partial charge in [-0.3, -0.25) is 4.79 Å². The number of aryl methyl sites for hydroxylation is 1. The van der Waals surface area contributed by atoms with E-state index in [0.29, 0.717) is 6.42 Å². The van der Waals surface area contributed by atoms with E-state index < -0.39 is 28.0 Å². The summed E-state index contributed by atoms with van der Waals surface area (Å²) >= 11 is 0. The summed E-state index contributed by atoms with van der Waals surface area (Å²) in [6.45, 7) is 3.24. The predicted molar refractivity (Wildman–Crippen MR) is 76.1 cm³/mol. The summed E-state index contributed by atoms with van der Waals surface area (Å²) in [7, 11) is -2.98. The monoisotopic (exact) mass is 333 g/mol. The number of carboxylic acids is 1. The number of furan rings is 1. The number of unbranched alkanes of at least 4 members (excludes halogenated alkanes) is 1. The van der Waals surface area contributed by atoms with E-state index in [1.165, 1.54) is 6.92 Å². The minimum absolute atomic E-state index is 0.0208. The van der Waals surface area contributed by atoms with Gasteiger partial charge in [-0.15, -0.1) is 0 Å². The average molecular weight is 333 g/mol. The zero-order valence-corrected chi connectivity index (χ0v) is 13.4. The maximum Gasteiger partial charge on any atom is 0.373 e. The molecule has 1 rings (SSSR count). The lowest BCUT2D eigenvalue weighted by Gasteiger charge is -2.13. The molecule has 1 aromatic heterocycles. The molecular formula is C13H19NO7S. The number of hydrogen-bond donors (Lipinski definition) is 2. The fourth-order valence-electron chi connectivity index (χ4n) is 1.83. The van der Waals surface area contributed by atoms with Crippen molar-refractivity contribution in [2.75, 3.05) is 7.11 Å². The van der Waals surface area contributed by atoms with E-state index in [1.54, 1.807) is 0 Å². The largest absolute Gasteiger partial charge is 0.480 e. The molecule has 9 heteroatoms. The highest BCUT2D eigenvalue weighted by atomic mass is 32.2. The molecule has 1 heterocycles. The summed E-state index contributed by atoms with van der Waals surface area (Å²) in [4.78, 5) is 22.2. The van der Waals surface area contributed by atoms with Crippen LogP contribution < -0.4 is 4.72 Å². The Morgan fingerprint density at radius 1 is 1.45 bits per heavy atom. The normalized spacial score (nSPS) is 12.9. The molecule has 0 amide bonds. The lowest BCUT2D eigenvalue weighted by molar-refractivity contribution is -0.139. The average Bonchev–Trinajstić information content (AvgIpc) is 2.85. The second-order valence-corrected chi connectivity index (χ2v) is 6.36. The number of methoxy groups -OCH3 is 1. The number of hydrogen-bond acceptors (Lipinski definition) is 6. The van der Waals surface area contributed by atoms with Crippen molar-refractivity contribution >= 4 is 22.0 Å². The first-order valence-electron chi connectivity index (χ1n) is 6.66. The van der Waals surface area contributed by atoms with Crippen molar-refractivity contribution in [3.8, 4) is 0 Å². The quantitative estimate of drug-likeness (QED) is 0.687. The number of rotatable bonds is 8. The second kappa shape index (κ2) is 7.41. The van der Waals surface area contributed by atoms with E-state index in [9.17, 15) is 18.0 Å². The maximum absolute atomic E-state index is 12.3. The Labute approximate surface area is 128 Å². The second-order valence-electron chi connectivity index (χ2n) is 4.68. The van der Waals surface area contributed by atoms with Crippen molar-refractivity contribution in [1.29, 1.82) is 0 Å². The number of nitrogens with one attached hydrogen (secondary N) is 1. The van der Waals surface area contributed by atoms with E-state index in [0.717, 1.165) is 19.6 Å². The molecule has 1 atom stereocenters. The molecule has 0 aliphatic rings. The molecule has 0 aliphatic heterocycles. The van der Waals surface area contributed by atoms with E-state index in [-0.39, 0.29) is 22.8 Å². The molecule has 0 aliphatic carbocycles. The van der Waals surface area contributed by atoms with Crippen LogP contribution in [0.4, 0.5) is 0 Å². The van der Waals surface area contributed by atoms with Crippen LogP contribution >= 0.6 is 0 Å². The zero-order valence-electron chi connectivity index (χ0n) is 12.6. The Kier molecular flexibility index (Phi) is 6.12. The molecule has 0 saturated carbocycles. The van der Waals surface area contributed by atoms with Crippen LogP contribution in [0.25, 0.3) is 0 Å². The van der Waals surface area contributed by atoms with Crippen molar-refractivity contribution in [3.63, 3.8) is 0 Å². The van der Waals surface area contributed by atoms with Gasteiger partial charge < -0.3 is 14.3 Å². The maximum atomic E-state index is 12.3. The standard InChI is InChI=1S/C13H19NO7S/c1-4-5-6-9(12(15)16)14-22(18,19)11-7-10(13(17)20-3)21-8(11)2/h7,9,14H,4-6H2,1-3H3,(H,15,16). The molecule has 2 N–H and O–H groups in total. The smallest absolute Gasteiger partial charge is 0.373 e. The van der Waals surface area contributed by atoms with Crippen LogP contribution in [0, 0.1) is 6.92 Å². The third-order valence-corrected chi connectivity index (χ3v) is 4.57. The number of esters is 1. The highest BCUT2D eigenvalue weighted by Gasteiger charge is 2.29. The van der Waals surface area contributed by atoms with E-state index in [4.69, 9.17) is 9.52 Å². The van der Waals surface area contributed by atoms with Crippen LogP contribution in [0.2, 0.25) is 0 Å². The minimum atomic E-state index is -4.12. The molecule has 22 heavy (non-hydrogen) atoms. The molecule has 0 bridgehead atoms. The van der Waals surface area contributed by atoms with Crippen LogP contribution in [0.1, 0.15) is 42.5 Å². The molecule has 0 aromatic carbocycles. The summed E-state index contributed by atoms with van der Waals surface area (Å²) in [6, 6.07) is -0.219. The Morgan fingerprint density at radius 2 is 2.09 bits per heavy atom. The number of ether oxygens (including phenoxy) is 1. The van der Waals surface area contributed by atoms with Gasteiger partial charge >= 0.3 is 11.9 Å². The summed E-state index contributed by atoms with van der Waals surface area (Å²) in [6.07, 6.45) is 1.48. The predicted octanol–water partition coefficient (Wildman–Crippen LogP) is 1.30. The Balaban J connectivity index is 3.05. The fourth-order valence-corrected chi connectivity index (χ4v) is 3.23. The van der Waals surface area contributed by atoms with Crippen molar-refractivity contribution in [1.82, 2.24) is 4.72 Å². The van der Waals surface area contributed by atoms with E-state index in [2.05, 4.69) is 9.46 Å². The Morgan fingerprint density at radius 3 is 2.59 bits per heavy atom. The Hall–Kier alpha value is -1.87. The van der Waals surface area contributed by atoms with Gasteiger partial charge in [0.25, 0.3) is 0 Å². The summed E-state index contributed by atoms with van der Waals surface area (Å²) in [5.41, 5.74) is 0. The fraction of sp³-hybridized carbons (Fsp3) is 0.538. The van der Waals surface area contributed by atoms with Gasteiger partial charge in [-0.25, -0.2) is 13.2 Å². The van der Waals surface area contributed by atoms with Crippen LogP contribution in [0.5, 0.6) is 0 Å². The molecule has 1 aromatic rings. The van der Waals surface area contributed by atoms with Gasteiger partial charge in [0.05, 0.1) is 7.11 Å². The number of aliphatic carboxylic acids is 1.